The number of fused-ring (bicyclic) bond motifs is 2. The van der Waals surface area contributed by atoms with E-state index in [9.17, 15) is 0 Å². The molecule has 0 amide bonds. The van der Waals surface area contributed by atoms with E-state index in [1.54, 1.807) is 0 Å². The standard InChI is InChI=1S/C28H32Br2/c1-27(13-5-3-6-14-27)19-9-11-21-23(17-19)26(30)24-18-20(10-12-22(24)25(21)29)28(2)15-7-4-8-16-28/h9-12,17-18H,3-8,13-16H2,1-2H3. The number of rotatable bonds is 2. The summed E-state index contributed by atoms with van der Waals surface area (Å²) < 4.78 is 2.50. The lowest BCUT2D eigenvalue weighted by Crippen LogP contribution is -2.25. The van der Waals surface area contributed by atoms with Crippen LogP contribution in [0.5, 0.6) is 0 Å². The van der Waals surface area contributed by atoms with Crippen molar-refractivity contribution in [2.24, 2.45) is 0 Å². The summed E-state index contributed by atoms with van der Waals surface area (Å²) in [6, 6.07) is 14.4. The predicted octanol–water partition coefficient (Wildman–Crippen LogP) is 9.96. The molecule has 2 saturated carbocycles. The molecule has 2 aliphatic carbocycles. The molecule has 3 aromatic rings. The molecular weight excluding hydrogens is 496 g/mol. The van der Waals surface area contributed by atoms with Crippen LogP contribution >= 0.6 is 31.9 Å². The van der Waals surface area contributed by atoms with Gasteiger partial charge in [-0.3, -0.25) is 0 Å². The van der Waals surface area contributed by atoms with Gasteiger partial charge in [0.25, 0.3) is 0 Å². The smallest absolute Gasteiger partial charge is 0.0333 e. The van der Waals surface area contributed by atoms with Gasteiger partial charge in [0.2, 0.25) is 0 Å². The van der Waals surface area contributed by atoms with Crippen molar-refractivity contribution in [2.45, 2.75) is 88.9 Å². The highest BCUT2D eigenvalue weighted by Crippen LogP contribution is 2.46. The third-order valence-corrected chi connectivity index (χ3v) is 10.0. The van der Waals surface area contributed by atoms with Crippen molar-refractivity contribution in [3.05, 3.63) is 56.5 Å². The van der Waals surface area contributed by atoms with Crippen molar-refractivity contribution < 1.29 is 0 Å². The first-order valence-corrected chi connectivity index (χ1v) is 13.4. The molecule has 0 bridgehead atoms. The largest absolute Gasteiger partial charge is 0.0578 e. The Labute approximate surface area is 198 Å². The molecule has 0 saturated heterocycles. The molecule has 0 spiro atoms. The van der Waals surface area contributed by atoms with E-state index in [1.165, 1.54) is 106 Å². The normalized spacial score (nSPS) is 21.2. The minimum absolute atomic E-state index is 0.324. The molecule has 0 aromatic heterocycles. The quantitative estimate of drug-likeness (QED) is 0.291. The molecule has 2 aliphatic rings. The Morgan fingerprint density at radius 2 is 0.900 bits per heavy atom. The van der Waals surface area contributed by atoms with Gasteiger partial charge in [0.15, 0.2) is 0 Å². The molecule has 2 heteroatoms. The lowest BCUT2D eigenvalue weighted by molar-refractivity contribution is 0.320. The molecule has 3 aromatic carbocycles. The van der Waals surface area contributed by atoms with Crippen molar-refractivity contribution in [3.8, 4) is 0 Å². The Morgan fingerprint density at radius 1 is 0.533 bits per heavy atom. The zero-order chi connectivity index (χ0) is 20.9. The Morgan fingerprint density at radius 3 is 1.30 bits per heavy atom. The Kier molecular flexibility index (Phi) is 5.55. The van der Waals surface area contributed by atoms with E-state index in [4.69, 9.17) is 0 Å². The predicted molar refractivity (Wildman–Crippen MR) is 138 cm³/mol. The highest BCUT2D eigenvalue weighted by atomic mass is 79.9. The first kappa shape index (κ1) is 21.0. The molecule has 0 heterocycles. The van der Waals surface area contributed by atoms with E-state index in [1.807, 2.05) is 0 Å². The van der Waals surface area contributed by atoms with Crippen LogP contribution in [0.25, 0.3) is 21.5 Å². The second-order valence-electron chi connectivity index (χ2n) is 10.4. The Hall–Kier alpha value is -0.860. The number of hydrogen-bond donors (Lipinski definition) is 0. The fourth-order valence-corrected chi connectivity index (χ4v) is 7.46. The lowest BCUT2D eigenvalue weighted by atomic mass is 9.70. The monoisotopic (exact) mass is 526 g/mol. The zero-order valence-electron chi connectivity index (χ0n) is 18.3. The van der Waals surface area contributed by atoms with Crippen LogP contribution in [0.3, 0.4) is 0 Å². The maximum absolute atomic E-state index is 4.05. The van der Waals surface area contributed by atoms with Gasteiger partial charge < -0.3 is 0 Å². The molecule has 158 valence electrons. The van der Waals surface area contributed by atoms with E-state index < -0.39 is 0 Å². The molecule has 2 fully saturated rings. The first-order chi connectivity index (χ1) is 14.4. The minimum Gasteiger partial charge on any atom is -0.0578 e. The van der Waals surface area contributed by atoms with Crippen LogP contribution < -0.4 is 0 Å². The summed E-state index contributed by atoms with van der Waals surface area (Å²) in [5, 5.41) is 5.33. The molecule has 0 unspecified atom stereocenters. The molecule has 30 heavy (non-hydrogen) atoms. The molecule has 0 atom stereocenters. The van der Waals surface area contributed by atoms with E-state index in [0.717, 1.165) is 0 Å². The number of benzene rings is 3. The van der Waals surface area contributed by atoms with E-state index >= 15 is 0 Å². The summed E-state index contributed by atoms with van der Waals surface area (Å²) >= 11 is 8.01. The van der Waals surface area contributed by atoms with Crippen LogP contribution in [-0.2, 0) is 10.8 Å². The fourth-order valence-electron chi connectivity index (χ4n) is 6.12. The van der Waals surface area contributed by atoms with Crippen molar-refractivity contribution >= 4 is 53.4 Å². The zero-order valence-corrected chi connectivity index (χ0v) is 21.5. The molecule has 0 radical (unpaired) electrons. The van der Waals surface area contributed by atoms with Gasteiger partial charge in [0.1, 0.15) is 0 Å². The fraction of sp³-hybridized carbons (Fsp3) is 0.500. The van der Waals surface area contributed by atoms with Gasteiger partial charge in [-0.2, -0.15) is 0 Å². The van der Waals surface area contributed by atoms with Crippen LogP contribution in [0.4, 0.5) is 0 Å². The summed E-state index contributed by atoms with van der Waals surface area (Å²) in [5.41, 5.74) is 3.67. The first-order valence-electron chi connectivity index (χ1n) is 11.8. The van der Waals surface area contributed by atoms with E-state index in [0.29, 0.717) is 10.8 Å². The summed E-state index contributed by atoms with van der Waals surface area (Å²) in [6.45, 7) is 4.94. The van der Waals surface area contributed by atoms with Gasteiger partial charge in [0, 0.05) is 8.95 Å². The second kappa shape index (κ2) is 7.93. The summed E-state index contributed by atoms with van der Waals surface area (Å²) in [5.74, 6) is 0. The van der Waals surface area contributed by atoms with Gasteiger partial charge in [-0.25, -0.2) is 0 Å². The summed E-state index contributed by atoms with van der Waals surface area (Å²) in [4.78, 5) is 0. The Balaban J connectivity index is 1.68. The summed E-state index contributed by atoms with van der Waals surface area (Å²) in [6.07, 6.45) is 13.5. The SMILES string of the molecule is CC1(c2ccc3c(Br)c4ccc(C5(C)CCCCC5)cc4c(Br)c3c2)CCCCC1. The topological polar surface area (TPSA) is 0 Å². The highest BCUT2D eigenvalue weighted by Gasteiger charge is 2.31. The van der Waals surface area contributed by atoms with Gasteiger partial charge in [-0.1, -0.05) is 76.6 Å². The molecule has 0 nitrogen and oxygen atoms in total. The maximum atomic E-state index is 4.05. The van der Waals surface area contributed by atoms with Gasteiger partial charge in [0.05, 0.1) is 0 Å². The number of halogens is 2. The van der Waals surface area contributed by atoms with Gasteiger partial charge in [-0.15, -0.1) is 0 Å². The van der Waals surface area contributed by atoms with Gasteiger partial charge in [-0.05, 0) is 113 Å². The van der Waals surface area contributed by atoms with Crippen LogP contribution in [0.1, 0.15) is 89.2 Å². The van der Waals surface area contributed by atoms with Gasteiger partial charge >= 0.3 is 0 Å². The lowest BCUT2D eigenvalue weighted by Gasteiger charge is -2.35. The third-order valence-electron chi connectivity index (χ3n) is 8.29. The average Bonchev–Trinajstić information content (AvgIpc) is 2.78. The van der Waals surface area contributed by atoms with E-state index in [2.05, 4.69) is 82.1 Å². The molecule has 5 rings (SSSR count). The maximum Gasteiger partial charge on any atom is 0.0333 e. The van der Waals surface area contributed by atoms with Crippen molar-refractivity contribution in [3.63, 3.8) is 0 Å². The van der Waals surface area contributed by atoms with Crippen LogP contribution in [0.2, 0.25) is 0 Å². The van der Waals surface area contributed by atoms with Crippen molar-refractivity contribution in [1.29, 1.82) is 0 Å². The van der Waals surface area contributed by atoms with Crippen LogP contribution in [-0.4, -0.2) is 0 Å². The molecule has 0 N–H and O–H groups in total. The molecule has 0 aliphatic heterocycles. The Bertz CT molecular complexity index is 1010. The highest BCUT2D eigenvalue weighted by molar-refractivity contribution is 9.11. The minimum atomic E-state index is 0.324. The number of hydrogen-bond acceptors (Lipinski definition) is 0. The van der Waals surface area contributed by atoms with Crippen LogP contribution in [0, 0.1) is 0 Å². The van der Waals surface area contributed by atoms with Crippen LogP contribution in [0.15, 0.2) is 45.3 Å². The average molecular weight is 528 g/mol. The van der Waals surface area contributed by atoms with Crippen molar-refractivity contribution in [1.82, 2.24) is 0 Å². The van der Waals surface area contributed by atoms with E-state index in [-0.39, 0.29) is 0 Å². The molecular formula is C28H32Br2. The van der Waals surface area contributed by atoms with Crippen molar-refractivity contribution in [2.75, 3.05) is 0 Å². The summed E-state index contributed by atoms with van der Waals surface area (Å²) in [7, 11) is 0. The second-order valence-corrected chi connectivity index (χ2v) is 12.0. The third kappa shape index (κ3) is 3.47.